The van der Waals surface area contributed by atoms with E-state index in [2.05, 4.69) is 4.90 Å². The Labute approximate surface area is 124 Å². The van der Waals surface area contributed by atoms with Crippen LogP contribution in [0.2, 0.25) is 5.02 Å². The van der Waals surface area contributed by atoms with E-state index >= 15 is 0 Å². The third kappa shape index (κ3) is 3.87. The first-order chi connectivity index (χ1) is 9.74. The largest absolute Gasteiger partial charge is 0.490 e. The van der Waals surface area contributed by atoms with Gasteiger partial charge in [0.15, 0.2) is 11.5 Å². The number of rotatable bonds is 7. The Morgan fingerprint density at radius 3 is 2.70 bits per heavy atom. The molecule has 110 valence electrons. The average Bonchev–Trinajstić information content (AvgIpc) is 2.95. The fourth-order valence-corrected chi connectivity index (χ4v) is 2.62. The van der Waals surface area contributed by atoms with Gasteiger partial charge >= 0.3 is 0 Å². The molecular formula is C15H20ClNO3. The Hall–Kier alpha value is -1.26. The molecule has 1 heterocycles. The van der Waals surface area contributed by atoms with Crippen LogP contribution in [0.5, 0.6) is 11.5 Å². The molecule has 2 rings (SSSR count). The fourth-order valence-electron chi connectivity index (χ4n) is 2.34. The first-order valence-corrected chi connectivity index (χ1v) is 7.39. The summed E-state index contributed by atoms with van der Waals surface area (Å²) in [5.41, 5.74) is 0.491. The highest BCUT2D eigenvalue weighted by atomic mass is 35.5. The predicted octanol–water partition coefficient (Wildman–Crippen LogP) is 3.03. The Morgan fingerprint density at radius 1 is 1.30 bits per heavy atom. The molecule has 0 radical (unpaired) electrons. The summed E-state index contributed by atoms with van der Waals surface area (Å²) in [5.74, 6) is 1.06. The number of likely N-dealkylation sites (tertiary alicyclic amines) is 1. The molecular weight excluding hydrogens is 278 g/mol. The Morgan fingerprint density at radius 2 is 2.05 bits per heavy atom. The van der Waals surface area contributed by atoms with Crippen molar-refractivity contribution in [3.05, 3.63) is 22.7 Å². The predicted molar refractivity (Wildman–Crippen MR) is 79.2 cm³/mol. The maximum Gasteiger partial charge on any atom is 0.179 e. The average molecular weight is 298 g/mol. The standard InChI is InChI=1S/C15H20ClNO3/c1-2-19-14-10-12(11-18)9-13(16)15(14)20-8-7-17-5-3-4-6-17/h9-11H,2-8H2,1H3. The van der Waals surface area contributed by atoms with Crippen LogP contribution in [0.15, 0.2) is 12.1 Å². The Balaban J connectivity index is 2.02. The van der Waals surface area contributed by atoms with Crippen molar-refractivity contribution in [1.29, 1.82) is 0 Å². The van der Waals surface area contributed by atoms with Gasteiger partial charge in [0, 0.05) is 12.1 Å². The molecule has 20 heavy (non-hydrogen) atoms. The van der Waals surface area contributed by atoms with E-state index in [0.29, 0.717) is 35.3 Å². The molecule has 1 aliphatic heterocycles. The topological polar surface area (TPSA) is 38.8 Å². The monoisotopic (exact) mass is 297 g/mol. The molecule has 1 aromatic carbocycles. The molecule has 0 atom stereocenters. The van der Waals surface area contributed by atoms with Gasteiger partial charge in [-0.15, -0.1) is 0 Å². The quantitative estimate of drug-likeness (QED) is 0.725. The number of carbonyl (C=O) groups excluding carboxylic acids is 1. The highest BCUT2D eigenvalue weighted by molar-refractivity contribution is 6.32. The Kier molecular flexibility index (Phi) is 5.68. The summed E-state index contributed by atoms with van der Waals surface area (Å²) in [7, 11) is 0. The minimum absolute atomic E-state index is 0.416. The zero-order valence-corrected chi connectivity index (χ0v) is 12.5. The zero-order chi connectivity index (χ0) is 14.4. The van der Waals surface area contributed by atoms with Crippen LogP contribution >= 0.6 is 11.6 Å². The second kappa shape index (κ2) is 7.50. The lowest BCUT2D eigenvalue weighted by atomic mass is 10.2. The van der Waals surface area contributed by atoms with Crippen LogP contribution in [0.1, 0.15) is 30.1 Å². The maximum atomic E-state index is 10.9. The minimum Gasteiger partial charge on any atom is -0.490 e. The molecule has 5 heteroatoms. The summed E-state index contributed by atoms with van der Waals surface area (Å²) in [5, 5.41) is 0.416. The van der Waals surface area contributed by atoms with E-state index in [-0.39, 0.29) is 0 Å². The summed E-state index contributed by atoms with van der Waals surface area (Å²) in [6.07, 6.45) is 3.28. The van der Waals surface area contributed by atoms with Gasteiger partial charge in [-0.3, -0.25) is 9.69 Å². The summed E-state index contributed by atoms with van der Waals surface area (Å²) >= 11 is 6.17. The van der Waals surface area contributed by atoms with E-state index in [1.54, 1.807) is 12.1 Å². The van der Waals surface area contributed by atoms with Gasteiger partial charge in [-0.1, -0.05) is 11.6 Å². The van der Waals surface area contributed by atoms with Crippen LogP contribution in [0.3, 0.4) is 0 Å². The number of nitrogens with zero attached hydrogens (tertiary/aromatic N) is 1. The number of hydrogen-bond donors (Lipinski definition) is 0. The van der Waals surface area contributed by atoms with Gasteiger partial charge in [0.2, 0.25) is 0 Å². The highest BCUT2D eigenvalue weighted by Gasteiger charge is 2.15. The SMILES string of the molecule is CCOc1cc(C=O)cc(Cl)c1OCCN1CCCC1. The number of benzene rings is 1. The van der Waals surface area contributed by atoms with E-state index < -0.39 is 0 Å². The van der Waals surface area contributed by atoms with Gasteiger partial charge in [0.05, 0.1) is 11.6 Å². The molecule has 1 saturated heterocycles. The van der Waals surface area contributed by atoms with Gasteiger partial charge in [-0.2, -0.15) is 0 Å². The first kappa shape index (κ1) is 15.1. The van der Waals surface area contributed by atoms with Crippen molar-refractivity contribution in [2.24, 2.45) is 0 Å². The van der Waals surface area contributed by atoms with Crippen LogP contribution < -0.4 is 9.47 Å². The zero-order valence-electron chi connectivity index (χ0n) is 11.7. The normalized spacial score (nSPS) is 15.3. The number of halogens is 1. The van der Waals surface area contributed by atoms with E-state index in [4.69, 9.17) is 21.1 Å². The Bertz CT molecular complexity index is 459. The lowest BCUT2D eigenvalue weighted by molar-refractivity contribution is 0.112. The van der Waals surface area contributed by atoms with Crippen LogP contribution in [-0.4, -0.2) is 44.0 Å². The minimum atomic E-state index is 0.416. The fraction of sp³-hybridized carbons (Fsp3) is 0.533. The third-order valence-electron chi connectivity index (χ3n) is 3.32. The van der Waals surface area contributed by atoms with Crippen LogP contribution in [0, 0.1) is 0 Å². The van der Waals surface area contributed by atoms with Gasteiger partial charge < -0.3 is 9.47 Å². The summed E-state index contributed by atoms with van der Waals surface area (Å²) in [4.78, 5) is 13.2. The molecule has 0 unspecified atom stereocenters. The van der Waals surface area contributed by atoms with E-state index in [1.807, 2.05) is 6.92 Å². The number of hydrogen-bond acceptors (Lipinski definition) is 4. The van der Waals surface area contributed by atoms with Gasteiger partial charge in [-0.25, -0.2) is 0 Å². The molecule has 0 aromatic heterocycles. The second-order valence-electron chi connectivity index (χ2n) is 4.78. The van der Waals surface area contributed by atoms with E-state index in [0.717, 1.165) is 25.9 Å². The van der Waals surface area contributed by atoms with E-state index in [1.165, 1.54) is 12.8 Å². The number of carbonyl (C=O) groups is 1. The summed E-state index contributed by atoms with van der Waals surface area (Å²) in [6, 6.07) is 3.26. The maximum absolute atomic E-state index is 10.9. The molecule has 0 amide bonds. The summed E-state index contributed by atoms with van der Waals surface area (Å²) in [6.45, 7) is 6.12. The van der Waals surface area contributed by atoms with Crippen molar-refractivity contribution < 1.29 is 14.3 Å². The lowest BCUT2D eigenvalue weighted by Crippen LogP contribution is -2.25. The van der Waals surface area contributed by atoms with Crippen molar-refractivity contribution in [2.45, 2.75) is 19.8 Å². The number of ether oxygens (including phenoxy) is 2. The van der Waals surface area contributed by atoms with Crippen molar-refractivity contribution in [3.63, 3.8) is 0 Å². The molecule has 0 bridgehead atoms. The second-order valence-corrected chi connectivity index (χ2v) is 5.19. The van der Waals surface area contributed by atoms with Gasteiger partial charge in [-0.05, 0) is 45.0 Å². The molecule has 0 spiro atoms. The van der Waals surface area contributed by atoms with Crippen molar-refractivity contribution >= 4 is 17.9 Å². The van der Waals surface area contributed by atoms with Crippen molar-refractivity contribution in [2.75, 3.05) is 32.8 Å². The summed E-state index contributed by atoms with van der Waals surface area (Å²) < 4.78 is 11.3. The molecule has 4 nitrogen and oxygen atoms in total. The van der Waals surface area contributed by atoms with Crippen LogP contribution in [-0.2, 0) is 0 Å². The van der Waals surface area contributed by atoms with E-state index in [9.17, 15) is 4.79 Å². The molecule has 0 N–H and O–H groups in total. The number of aldehydes is 1. The molecule has 0 aliphatic carbocycles. The highest BCUT2D eigenvalue weighted by Crippen LogP contribution is 2.36. The lowest BCUT2D eigenvalue weighted by Gasteiger charge is -2.17. The van der Waals surface area contributed by atoms with Crippen LogP contribution in [0.4, 0.5) is 0 Å². The molecule has 1 aliphatic rings. The van der Waals surface area contributed by atoms with Crippen molar-refractivity contribution in [1.82, 2.24) is 4.90 Å². The first-order valence-electron chi connectivity index (χ1n) is 7.01. The molecule has 0 saturated carbocycles. The third-order valence-corrected chi connectivity index (χ3v) is 3.60. The van der Waals surface area contributed by atoms with Crippen LogP contribution in [0.25, 0.3) is 0 Å². The van der Waals surface area contributed by atoms with Crippen molar-refractivity contribution in [3.8, 4) is 11.5 Å². The van der Waals surface area contributed by atoms with Gasteiger partial charge in [0.1, 0.15) is 12.9 Å². The smallest absolute Gasteiger partial charge is 0.179 e. The molecule has 1 fully saturated rings. The van der Waals surface area contributed by atoms with Gasteiger partial charge in [0.25, 0.3) is 0 Å². The molecule has 1 aromatic rings.